The molecule has 2 atom stereocenters. The SMILES string of the molecule is CC(C)NC(=O)C1CSC(C2CCCCC2)N1C(=O)c1ccc(Cl)cc1. The molecule has 2 aliphatic rings. The second-order valence-electron chi connectivity index (χ2n) is 7.52. The molecule has 3 rings (SSSR count). The standard InChI is InChI=1S/C20H27ClN2O2S/c1-13(2)22-18(24)17-12-26-20(15-6-4-3-5-7-15)23(17)19(25)14-8-10-16(21)11-9-14/h8-11,13,15,17,20H,3-7,12H2,1-2H3,(H,22,24). The smallest absolute Gasteiger partial charge is 0.255 e. The van der Waals surface area contributed by atoms with Gasteiger partial charge < -0.3 is 10.2 Å². The van der Waals surface area contributed by atoms with Crippen LogP contribution in [0, 0.1) is 5.92 Å². The Bertz CT molecular complexity index is 644. The number of carbonyl (C=O) groups is 2. The lowest BCUT2D eigenvalue weighted by atomic mass is 9.88. The normalized spacial score (nSPS) is 24.1. The fraction of sp³-hybridized carbons (Fsp3) is 0.600. The molecule has 1 aliphatic heterocycles. The van der Waals surface area contributed by atoms with Gasteiger partial charge in [-0.15, -0.1) is 11.8 Å². The van der Waals surface area contributed by atoms with Gasteiger partial charge in [0.05, 0.1) is 5.37 Å². The summed E-state index contributed by atoms with van der Waals surface area (Å²) in [6, 6.07) is 6.63. The van der Waals surface area contributed by atoms with Crippen molar-refractivity contribution in [2.75, 3.05) is 5.75 Å². The van der Waals surface area contributed by atoms with Crippen LogP contribution in [0.15, 0.2) is 24.3 Å². The fourth-order valence-corrected chi connectivity index (χ4v) is 5.66. The molecule has 0 aromatic heterocycles. The Hall–Kier alpha value is -1.20. The van der Waals surface area contributed by atoms with Gasteiger partial charge in [-0.05, 0) is 56.9 Å². The van der Waals surface area contributed by atoms with Crippen LogP contribution in [0.1, 0.15) is 56.3 Å². The minimum atomic E-state index is -0.405. The molecule has 0 bridgehead atoms. The molecular weight excluding hydrogens is 368 g/mol. The highest BCUT2D eigenvalue weighted by molar-refractivity contribution is 8.00. The summed E-state index contributed by atoms with van der Waals surface area (Å²) in [6.45, 7) is 3.90. The summed E-state index contributed by atoms with van der Waals surface area (Å²) in [5.74, 6) is 1.03. The quantitative estimate of drug-likeness (QED) is 0.826. The first-order valence-electron chi connectivity index (χ1n) is 9.47. The van der Waals surface area contributed by atoms with Crippen molar-refractivity contribution in [2.24, 2.45) is 5.92 Å². The van der Waals surface area contributed by atoms with Gasteiger partial charge in [0.1, 0.15) is 6.04 Å². The number of rotatable bonds is 4. The number of amides is 2. The Morgan fingerprint density at radius 1 is 1.15 bits per heavy atom. The summed E-state index contributed by atoms with van der Waals surface area (Å²) in [5, 5.41) is 3.68. The van der Waals surface area contributed by atoms with E-state index < -0.39 is 6.04 Å². The van der Waals surface area contributed by atoms with E-state index in [0.717, 1.165) is 12.8 Å². The van der Waals surface area contributed by atoms with Crippen molar-refractivity contribution in [2.45, 2.75) is 63.4 Å². The van der Waals surface area contributed by atoms with E-state index in [2.05, 4.69) is 5.32 Å². The molecular formula is C20H27ClN2O2S. The number of thioether (sulfide) groups is 1. The van der Waals surface area contributed by atoms with E-state index >= 15 is 0 Å². The number of carbonyl (C=O) groups excluding carboxylic acids is 2. The fourth-order valence-electron chi connectivity index (χ4n) is 3.89. The molecule has 1 aromatic carbocycles. The zero-order chi connectivity index (χ0) is 18.7. The monoisotopic (exact) mass is 394 g/mol. The van der Waals surface area contributed by atoms with Crippen LogP contribution in [0.25, 0.3) is 0 Å². The molecule has 0 spiro atoms. The molecule has 1 heterocycles. The van der Waals surface area contributed by atoms with Crippen LogP contribution in [0.2, 0.25) is 5.02 Å². The van der Waals surface area contributed by atoms with Gasteiger partial charge in [0, 0.05) is 22.4 Å². The second-order valence-corrected chi connectivity index (χ2v) is 9.11. The van der Waals surface area contributed by atoms with E-state index in [-0.39, 0.29) is 23.2 Å². The lowest BCUT2D eigenvalue weighted by Crippen LogP contribution is -2.52. The van der Waals surface area contributed by atoms with Gasteiger partial charge in [-0.25, -0.2) is 0 Å². The van der Waals surface area contributed by atoms with Crippen molar-refractivity contribution in [3.8, 4) is 0 Å². The highest BCUT2D eigenvalue weighted by Crippen LogP contribution is 2.41. The number of hydrogen-bond acceptors (Lipinski definition) is 3. The molecule has 2 fully saturated rings. The molecule has 1 saturated carbocycles. The molecule has 6 heteroatoms. The number of hydrogen-bond donors (Lipinski definition) is 1. The van der Waals surface area contributed by atoms with Crippen LogP contribution in [0.4, 0.5) is 0 Å². The summed E-state index contributed by atoms with van der Waals surface area (Å²) >= 11 is 7.73. The van der Waals surface area contributed by atoms with Crippen LogP contribution in [-0.4, -0.2) is 39.9 Å². The highest BCUT2D eigenvalue weighted by Gasteiger charge is 2.45. The van der Waals surface area contributed by atoms with Crippen LogP contribution in [0.3, 0.4) is 0 Å². The first kappa shape index (κ1) is 19.6. The van der Waals surface area contributed by atoms with Crippen molar-refractivity contribution in [3.05, 3.63) is 34.9 Å². The molecule has 26 heavy (non-hydrogen) atoms. The topological polar surface area (TPSA) is 49.4 Å². The van der Waals surface area contributed by atoms with Crippen molar-refractivity contribution < 1.29 is 9.59 Å². The summed E-state index contributed by atoms with van der Waals surface area (Å²) in [4.78, 5) is 27.9. The number of nitrogens with one attached hydrogen (secondary N) is 1. The van der Waals surface area contributed by atoms with E-state index in [1.54, 1.807) is 36.0 Å². The summed E-state index contributed by atoms with van der Waals surface area (Å²) < 4.78 is 0. The third-order valence-electron chi connectivity index (χ3n) is 5.15. The Balaban J connectivity index is 1.86. The van der Waals surface area contributed by atoms with E-state index in [9.17, 15) is 9.59 Å². The van der Waals surface area contributed by atoms with Crippen LogP contribution >= 0.6 is 23.4 Å². The predicted molar refractivity (Wildman–Crippen MR) is 108 cm³/mol. The van der Waals surface area contributed by atoms with E-state index in [1.165, 1.54) is 19.3 Å². The molecule has 1 saturated heterocycles. The maximum atomic E-state index is 13.3. The number of nitrogens with zero attached hydrogens (tertiary/aromatic N) is 1. The maximum Gasteiger partial charge on any atom is 0.255 e. The van der Waals surface area contributed by atoms with E-state index in [1.807, 2.05) is 18.7 Å². The van der Waals surface area contributed by atoms with Crippen LogP contribution < -0.4 is 5.32 Å². The van der Waals surface area contributed by atoms with Crippen molar-refractivity contribution >= 4 is 35.2 Å². The Labute approximate surface area is 165 Å². The molecule has 2 amide bonds. The third kappa shape index (κ3) is 4.37. The lowest BCUT2D eigenvalue weighted by molar-refractivity contribution is -0.125. The average molecular weight is 395 g/mol. The van der Waals surface area contributed by atoms with Crippen LogP contribution in [0.5, 0.6) is 0 Å². The highest BCUT2D eigenvalue weighted by atomic mass is 35.5. The Morgan fingerprint density at radius 2 is 1.81 bits per heavy atom. The minimum Gasteiger partial charge on any atom is -0.352 e. The molecule has 0 radical (unpaired) electrons. The zero-order valence-corrected chi connectivity index (χ0v) is 17.0. The first-order chi connectivity index (χ1) is 12.5. The van der Waals surface area contributed by atoms with Crippen LogP contribution in [-0.2, 0) is 4.79 Å². The van der Waals surface area contributed by atoms with E-state index in [0.29, 0.717) is 22.3 Å². The first-order valence-corrected chi connectivity index (χ1v) is 10.9. The van der Waals surface area contributed by atoms with Gasteiger partial charge in [-0.1, -0.05) is 30.9 Å². The molecule has 1 aromatic rings. The number of benzene rings is 1. The van der Waals surface area contributed by atoms with Gasteiger partial charge in [0.15, 0.2) is 0 Å². The summed E-state index contributed by atoms with van der Waals surface area (Å²) in [6.07, 6.45) is 5.98. The van der Waals surface area contributed by atoms with Crippen molar-refractivity contribution in [1.82, 2.24) is 10.2 Å². The van der Waals surface area contributed by atoms with Gasteiger partial charge >= 0.3 is 0 Å². The Morgan fingerprint density at radius 3 is 2.42 bits per heavy atom. The van der Waals surface area contributed by atoms with Gasteiger partial charge in [-0.2, -0.15) is 0 Å². The van der Waals surface area contributed by atoms with Gasteiger partial charge in [-0.3, -0.25) is 9.59 Å². The maximum absolute atomic E-state index is 13.3. The minimum absolute atomic E-state index is 0.0480. The molecule has 2 unspecified atom stereocenters. The lowest BCUT2D eigenvalue weighted by Gasteiger charge is -2.35. The van der Waals surface area contributed by atoms with Crippen molar-refractivity contribution in [1.29, 1.82) is 0 Å². The largest absolute Gasteiger partial charge is 0.352 e. The average Bonchev–Trinajstić information content (AvgIpc) is 3.07. The summed E-state index contributed by atoms with van der Waals surface area (Å²) in [7, 11) is 0. The second kappa shape index (κ2) is 8.66. The molecule has 142 valence electrons. The van der Waals surface area contributed by atoms with E-state index in [4.69, 9.17) is 11.6 Å². The summed E-state index contributed by atoms with van der Waals surface area (Å²) in [5.41, 5.74) is 0.597. The van der Waals surface area contributed by atoms with Gasteiger partial charge in [0.2, 0.25) is 5.91 Å². The van der Waals surface area contributed by atoms with Crippen molar-refractivity contribution in [3.63, 3.8) is 0 Å². The molecule has 1 N–H and O–H groups in total. The Kier molecular flexibility index (Phi) is 6.51. The number of halogens is 1. The molecule has 1 aliphatic carbocycles. The van der Waals surface area contributed by atoms with Gasteiger partial charge in [0.25, 0.3) is 5.91 Å². The third-order valence-corrected chi connectivity index (χ3v) is 6.86. The predicted octanol–water partition coefficient (Wildman–Crippen LogP) is 4.33. The zero-order valence-electron chi connectivity index (χ0n) is 15.4. The molecule has 4 nitrogen and oxygen atoms in total.